The van der Waals surface area contributed by atoms with Crippen molar-refractivity contribution in [1.29, 1.82) is 0 Å². The Kier molecular flexibility index (Phi) is 5.33. The first-order chi connectivity index (χ1) is 13.1. The van der Waals surface area contributed by atoms with Gasteiger partial charge in [0.15, 0.2) is 0 Å². The Hall–Kier alpha value is -2.62. The summed E-state index contributed by atoms with van der Waals surface area (Å²) in [6.45, 7) is 0. The average molecular weight is 426 g/mol. The summed E-state index contributed by atoms with van der Waals surface area (Å²) >= 11 is 1.82. The van der Waals surface area contributed by atoms with Gasteiger partial charge in [0.2, 0.25) is 0 Å². The first kappa shape index (κ1) is 20.1. The van der Waals surface area contributed by atoms with E-state index < -0.39 is 15.6 Å². The van der Waals surface area contributed by atoms with Gasteiger partial charge in [0.1, 0.15) is 5.75 Å². The molecular formula is C19H13F3O4S2. The van der Waals surface area contributed by atoms with Crippen molar-refractivity contribution in [3.63, 3.8) is 0 Å². The summed E-state index contributed by atoms with van der Waals surface area (Å²) in [7, 11) is -5.84. The zero-order valence-corrected chi connectivity index (χ0v) is 15.6. The zero-order valence-electron chi connectivity index (χ0n) is 14.0. The van der Waals surface area contributed by atoms with Crippen LogP contribution in [0.25, 0.3) is 31.3 Å². The summed E-state index contributed by atoms with van der Waals surface area (Å²) in [4.78, 5) is 0. The van der Waals surface area contributed by atoms with Crippen molar-refractivity contribution in [1.82, 2.24) is 0 Å². The highest BCUT2D eigenvalue weighted by molar-refractivity contribution is 7.86. The van der Waals surface area contributed by atoms with Crippen LogP contribution < -0.4 is 0 Å². The van der Waals surface area contributed by atoms with Gasteiger partial charge < -0.3 is 5.11 Å². The van der Waals surface area contributed by atoms with Crippen LogP contribution in [-0.4, -0.2) is 23.6 Å². The summed E-state index contributed by atoms with van der Waals surface area (Å²) in [5.41, 5.74) is -3.18. The molecule has 4 aromatic rings. The molecule has 4 rings (SSSR count). The summed E-state index contributed by atoms with van der Waals surface area (Å²) < 4.78 is 60.2. The second-order valence-electron chi connectivity index (χ2n) is 5.74. The van der Waals surface area contributed by atoms with E-state index in [1.165, 1.54) is 25.7 Å². The molecular weight excluding hydrogens is 413 g/mol. The van der Waals surface area contributed by atoms with Gasteiger partial charge in [0.25, 0.3) is 0 Å². The monoisotopic (exact) mass is 426 g/mol. The van der Waals surface area contributed by atoms with Crippen molar-refractivity contribution in [3.8, 4) is 16.9 Å². The van der Waals surface area contributed by atoms with Crippen molar-refractivity contribution in [2.24, 2.45) is 0 Å². The predicted molar refractivity (Wildman–Crippen MR) is 104 cm³/mol. The van der Waals surface area contributed by atoms with E-state index in [0.29, 0.717) is 5.75 Å². The molecule has 0 aliphatic heterocycles. The molecule has 28 heavy (non-hydrogen) atoms. The summed E-state index contributed by atoms with van der Waals surface area (Å²) in [5, 5.41) is 12.1. The molecule has 146 valence electrons. The highest BCUT2D eigenvalue weighted by Crippen LogP contribution is 2.39. The Balaban J connectivity index is 0.000000242. The van der Waals surface area contributed by atoms with E-state index in [4.69, 9.17) is 13.0 Å². The van der Waals surface area contributed by atoms with Gasteiger partial charge in [-0.15, -0.1) is 11.3 Å². The SMILES string of the molecule is O=S(=O)(O)C(F)(F)F.Oc1ccc(-c2cccc3sc4ccccc4c23)cc1. The van der Waals surface area contributed by atoms with E-state index in [-0.39, 0.29) is 0 Å². The Morgan fingerprint density at radius 2 is 1.39 bits per heavy atom. The van der Waals surface area contributed by atoms with Crippen molar-refractivity contribution in [2.45, 2.75) is 5.51 Å². The standard InChI is InChI=1S/C18H12OS.CHF3O3S/c19-13-10-8-12(9-11-13)14-5-3-7-17-18(14)15-4-1-2-6-16(15)20-17;2-1(3,4)8(5,6)7/h1-11,19H;(H,5,6,7). The maximum atomic E-state index is 10.7. The number of hydrogen-bond donors (Lipinski definition) is 2. The van der Waals surface area contributed by atoms with E-state index in [0.717, 1.165) is 5.56 Å². The molecule has 0 unspecified atom stereocenters. The van der Waals surface area contributed by atoms with Gasteiger partial charge in [-0.05, 0) is 35.4 Å². The Bertz CT molecular complexity index is 1230. The number of alkyl halides is 3. The molecule has 0 aliphatic rings. The minimum absolute atomic E-state index is 0.302. The summed E-state index contributed by atoms with van der Waals surface area (Å²) in [6.07, 6.45) is 0. The van der Waals surface area contributed by atoms with Crippen LogP contribution in [0.1, 0.15) is 0 Å². The Labute approximate surface area is 162 Å². The molecule has 0 aliphatic carbocycles. The third kappa shape index (κ3) is 4.11. The van der Waals surface area contributed by atoms with Gasteiger partial charge in [0.05, 0.1) is 0 Å². The number of thiophene rings is 1. The van der Waals surface area contributed by atoms with E-state index in [1.807, 2.05) is 23.5 Å². The minimum Gasteiger partial charge on any atom is -0.508 e. The molecule has 0 radical (unpaired) electrons. The van der Waals surface area contributed by atoms with Gasteiger partial charge in [-0.1, -0.05) is 42.5 Å². The zero-order chi connectivity index (χ0) is 20.5. The number of fused-ring (bicyclic) bond motifs is 3. The molecule has 9 heteroatoms. The molecule has 0 bridgehead atoms. The maximum Gasteiger partial charge on any atom is 0.522 e. The third-order valence-electron chi connectivity index (χ3n) is 3.87. The van der Waals surface area contributed by atoms with Crippen LogP contribution in [0.5, 0.6) is 5.75 Å². The van der Waals surface area contributed by atoms with Gasteiger partial charge in [-0.3, -0.25) is 4.55 Å². The van der Waals surface area contributed by atoms with Gasteiger partial charge in [-0.25, -0.2) is 0 Å². The van der Waals surface area contributed by atoms with Crippen LogP contribution in [0.3, 0.4) is 0 Å². The molecule has 0 saturated carbocycles. The molecule has 0 saturated heterocycles. The van der Waals surface area contributed by atoms with Crippen LogP contribution >= 0.6 is 11.3 Å². The fourth-order valence-corrected chi connectivity index (χ4v) is 3.79. The molecule has 0 atom stereocenters. The van der Waals surface area contributed by atoms with E-state index in [9.17, 15) is 18.3 Å². The van der Waals surface area contributed by atoms with Crippen LogP contribution in [0.15, 0.2) is 66.7 Å². The number of rotatable bonds is 1. The van der Waals surface area contributed by atoms with Crippen molar-refractivity contribution in [3.05, 3.63) is 66.7 Å². The maximum absolute atomic E-state index is 10.7. The second-order valence-corrected chi connectivity index (χ2v) is 8.24. The largest absolute Gasteiger partial charge is 0.522 e. The fraction of sp³-hybridized carbons (Fsp3) is 0.0526. The fourth-order valence-electron chi connectivity index (χ4n) is 2.66. The molecule has 4 nitrogen and oxygen atoms in total. The molecule has 1 aromatic heterocycles. The van der Waals surface area contributed by atoms with Crippen LogP contribution in [0.4, 0.5) is 13.2 Å². The summed E-state index contributed by atoms with van der Waals surface area (Å²) in [6, 6.07) is 22.3. The molecule has 1 heterocycles. The van der Waals surface area contributed by atoms with Crippen molar-refractivity contribution < 1.29 is 31.2 Å². The molecule has 3 aromatic carbocycles. The Morgan fingerprint density at radius 3 is 2.00 bits per heavy atom. The smallest absolute Gasteiger partial charge is 0.508 e. The first-order valence-corrected chi connectivity index (χ1v) is 10.1. The normalized spacial score (nSPS) is 12.0. The second kappa shape index (κ2) is 7.42. The highest BCUT2D eigenvalue weighted by Gasteiger charge is 2.44. The number of benzene rings is 3. The predicted octanol–water partition coefficient (Wildman–Crippen LogP) is 5.82. The number of halogens is 3. The molecule has 2 N–H and O–H groups in total. The lowest BCUT2D eigenvalue weighted by Gasteiger charge is -2.05. The average Bonchev–Trinajstić information content (AvgIpc) is 3.00. The van der Waals surface area contributed by atoms with Crippen LogP contribution in [-0.2, 0) is 10.1 Å². The molecule has 0 spiro atoms. The topological polar surface area (TPSA) is 74.6 Å². The lowest BCUT2D eigenvalue weighted by atomic mass is 9.99. The number of phenolic OH excluding ortho intramolecular Hbond substituents is 1. The van der Waals surface area contributed by atoms with Crippen molar-refractivity contribution >= 4 is 41.6 Å². The molecule has 0 amide bonds. The minimum atomic E-state index is -5.84. The lowest BCUT2D eigenvalue weighted by molar-refractivity contribution is -0.0510. The van der Waals surface area contributed by atoms with E-state index in [2.05, 4.69) is 42.5 Å². The van der Waals surface area contributed by atoms with Gasteiger partial charge in [-0.2, -0.15) is 21.6 Å². The highest BCUT2D eigenvalue weighted by atomic mass is 32.2. The summed E-state index contributed by atoms with van der Waals surface area (Å²) in [5.74, 6) is 0.302. The number of hydrogen-bond acceptors (Lipinski definition) is 4. The van der Waals surface area contributed by atoms with E-state index in [1.54, 1.807) is 12.1 Å². The van der Waals surface area contributed by atoms with E-state index >= 15 is 0 Å². The lowest BCUT2D eigenvalue weighted by Crippen LogP contribution is -2.21. The number of phenols is 1. The molecule has 0 fully saturated rings. The van der Waals surface area contributed by atoms with Gasteiger partial charge >= 0.3 is 15.6 Å². The van der Waals surface area contributed by atoms with Crippen LogP contribution in [0.2, 0.25) is 0 Å². The quantitative estimate of drug-likeness (QED) is 0.297. The van der Waals surface area contributed by atoms with Gasteiger partial charge in [0, 0.05) is 20.2 Å². The number of aromatic hydroxyl groups is 1. The Morgan fingerprint density at radius 1 is 0.821 bits per heavy atom. The first-order valence-electron chi connectivity index (χ1n) is 7.81. The van der Waals surface area contributed by atoms with Crippen LogP contribution in [0, 0.1) is 0 Å². The third-order valence-corrected chi connectivity index (χ3v) is 5.59. The van der Waals surface area contributed by atoms with Crippen molar-refractivity contribution in [2.75, 3.05) is 0 Å².